The molecule has 1 saturated carbocycles. The van der Waals surface area contributed by atoms with Crippen LogP contribution in [0.15, 0.2) is 29.2 Å². The van der Waals surface area contributed by atoms with Crippen LogP contribution in [-0.2, 0) is 14.6 Å². The van der Waals surface area contributed by atoms with Crippen LogP contribution >= 0.6 is 11.6 Å². The van der Waals surface area contributed by atoms with E-state index in [1.807, 2.05) is 0 Å². The van der Waals surface area contributed by atoms with Gasteiger partial charge in [0.05, 0.1) is 4.90 Å². The van der Waals surface area contributed by atoms with Crippen molar-refractivity contribution in [2.24, 2.45) is 5.92 Å². The molecule has 1 aliphatic carbocycles. The molecule has 4 nitrogen and oxygen atoms in total. The third kappa shape index (κ3) is 2.37. The normalized spacial score (nSPS) is 20.2. The smallest absolute Gasteiger partial charge is 0.225 e. The highest BCUT2D eigenvalue weighted by Crippen LogP contribution is 2.34. The summed E-state index contributed by atoms with van der Waals surface area (Å²) in [4.78, 5) is 13.7. The molecule has 0 atom stereocenters. The molecule has 1 aromatic rings. The molecule has 0 bridgehead atoms. The minimum absolute atomic E-state index is 0.113. The molecule has 0 radical (unpaired) electrons. The molecule has 0 unspecified atom stereocenters. The van der Waals surface area contributed by atoms with E-state index in [2.05, 4.69) is 0 Å². The lowest BCUT2D eigenvalue weighted by molar-refractivity contribution is -0.135. The van der Waals surface area contributed by atoms with Crippen molar-refractivity contribution in [1.29, 1.82) is 0 Å². The van der Waals surface area contributed by atoms with Crippen LogP contribution < -0.4 is 0 Å². The molecule has 1 aromatic carbocycles. The quantitative estimate of drug-likeness (QED) is 0.854. The highest BCUT2D eigenvalue weighted by atomic mass is 35.5. The summed E-state index contributed by atoms with van der Waals surface area (Å²) in [5, 5.41) is 0.0365. The maximum Gasteiger partial charge on any atom is 0.225 e. The van der Waals surface area contributed by atoms with Gasteiger partial charge in [-0.25, -0.2) is 8.42 Å². The summed E-state index contributed by atoms with van der Waals surface area (Å²) in [6.45, 7) is 0.639. The van der Waals surface area contributed by atoms with Crippen LogP contribution in [0, 0.1) is 5.92 Å². The zero-order valence-electron chi connectivity index (χ0n) is 10.3. The first-order valence-corrected chi connectivity index (χ1v) is 8.19. The van der Waals surface area contributed by atoms with Crippen LogP contribution in [0.5, 0.6) is 0 Å². The van der Waals surface area contributed by atoms with Gasteiger partial charge >= 0.3 is 0 Å². The summed E-state index contributed by atoms with van der Waals surface area (Å²) in [5.74, 6) is 0.266. The van der Waals surface area contributed by atoms with Gasteiger partial charge in [-0.1, -0.05) is 11.6 Å². The number of nitrogens with zero attached hydrogens (tertiary/aromatic N) is 1. The van der Waals surface area contributed by atoms with Gasteiger partial charge < -0.3 is 4.90 Å². The minimum atomic E-state index is -3.34. The van der Waals surface area contributed by atoms with Gasteiger partial charge in [-0.15, -0.1) is 0 Å². The number of rotatable bonds is 3. The van der Waals surface area contributed by atoms with Crippen molar-refractivity contribution in [2.75, 3.05) is 13.1 Å². The topological polar surface area (TPSA) is 54.5 Å². The molecule has 0 N–H and O–H groups in total. The van der Waals surface area contributed by atoms with E-state index < -0.39 is 15.1 Å². The van der Waals surface area contributed by atoms with Crippen molar-refractivity contribution in [1.82, 2.24) is 4.90 Å². The zero-order valence-corrected chi connectivity index (χ0v) is 11.8. The van der Waals surface area contributed by atoms with E-state index >= 15 is 0 Å². The maximum absolute atomic E-state index is 12.3. The molecule has 0 spiro atoms. The molecule has 1 amide bonds. The van der Waals surface area contributed by atoms with Gasteiger partial charge in [-0.2, -0.15) is 0 Å². The Morgan fingerprint density at radius 3 is 2.26 bits per heavy atom. The van der Waals surface area contributed by atoms with Gasteiger partial charge in [0.1, 0.15) is 5.25 Å². The summed E-state index contributed by atoms with van der Waals surface area (Å²) >= 11 is 5.75. The molecule has 1 heterocycles. The van der Waals surface area contributed by atoms with E-state index in [0.29, 0.717) is 18.1 Å². The number of carbonyl (C=O) groups is 1. The average molecular weight is 300 g/mol. The van der Waals surface area contributed by atoms with Crippen molar-refractivity contribution in [2.45, 2.75) is 23.0 Å². The molecule has 6 heteroatoms. The molecule has 2 aliphatic rings. The van der Waals surface area contributed by atoms with E-state index in [1.54, 1.807) is 17.0 Å². The highest BCUT2D eigenvalue weighted by Gasteiger charge is 2.44. The van der Waals surface area contributed by atoms with Gasteiger partial charge in [0.25, 0.3) is 0 Å². The number of amides is 1. The van der Waals surface area contributed by atoms with E-state index in [9.17, 15) is 13.2 Å². The monoisotopic (exact) mass is 299 g/mol. The van der Waals surface area contributed by atoms with Crippen LogP contribution in [0.4, 0.5) is 0 Å². The maximum atomic E-state index is 12.3. The Bertz CT molecular complexity index is 601. The van der Waals surface area contributed by atoms with Gasteiger partial charge in [0.15, 0.2) is 9.84 Å². The third-order valence-corrected chi connectivity index (χ3v) is 6.02. The fourth-order valence-corrected chi connectivity index (χ4v) is 4.00. The Hall–Kier alpha value is -1.07. The molecular formula is C13H14ClNO3S. The second kappa shape index (κ2) is 4.49. The Morgan fingerprint density at radius 1 is 1.16 bits per heavy atom. The number of sulfone groups is 1. The summed E-state index contributed by atoms with van der Waals surface area (Å²) in [6.07, 6.45) is 1.90. The van der Waals surface area contributed by atoms with Crippen LogP contribution in [0.25, 0.3) is 0 Å². The fourth-order valence-electron chi connectivity index (χ4n) is 2.22. The number of benzene rings is 1. The number of hydrogen-bond donors (Lipinski definition) is 0. The van der Waals surface area contributed by atoms with Gasteiger partial charge in [-0.3, -0.25) is 4.79 Å². The fraction of sp³-hybridized carbons (Fsp3) is 0.462. The molecule has 3 rings (SSSR count). The average Bonchev–Trinajstić information content (AvgIpc) is 3.10. The second-order valence-corrected chi connectivity index (χ2v) is 7.80. The first kappa shape index (κ1) is 12.9. The molecule has 19 heavy (non-hydrogen) atoms. The third-order valence-electron chi connectivity index (χ3n) is 3.67. The molecule has 102 valence electrons. The summed E-state index contributed by atoms with van der Waals surface area (Å²) in [6, 6.07) is 6.17. The molecule has 1 aliphatic heterocycles. The number of likely N-dealkylation sites (tertiary alicyclic amines) is 1. The standard InChI is InChI=1S/C13H14ClNO3S/c14-10-3-5-11(6-4-10)19(17,18)12-7-15(8-12)13(16)9-1-2-9/h3-6,9,12H,1-2,7-8H2. The van der Waals surface area contributed by atoms with Gasteiger partial charge in [0, 0.05) is 24.0 Å². The first-order chi connectivity index (χ1) is 8.98. The van der Waals surface area contributed by atoms with Crippen molar-refractivity contribution in [3.63, 3.8) is 0 Å². The largest absolute Gasteiger partial charge is 0.340 e. The van der Waals surface area contributed by atoms with Crippen LogP contribution in [-0.4, -0.2) is 37.6 Å². The second-order valence-electron chi connectivity index (χ2n) is 5.14. The van der Waals surface area contributed by atoms with Crippen LogP contribution in [0.3, 0.4) is 0 Å². The summed E-state index contributed by atoms with van der Waals surface area (Å²) in [7, 11) is -3.34. The lowest BCUT2D eigenvalue weighted by atomic mass is 10.2. The number of carbonyl (C=O) groups excluding carboxylic acids is 1. The Kier molecular flexibility index (Phi) is 3.06. The van der Waals surface area contributed by atoms with E-state index in [4.69, 9.17) is 11.6 Å². The van der Waals surface area contributed by atoms with Crippen molar-refractivity contribution < 1.29 is 13.2 Å². The predicted octanol–water partition coefficient (Wildman–Crippen LogP) is 1.73. The first-order valence-electron chi connectivity index (χ1n) is 6.27. The highest BCUT2D eigenvalue weighted by molar-refractivity contribution is 7.92. The van der Waals surface area contributed by atoms with Crippen LogP contribution in [0.2, 0.25) is 5.02 Å². The van der Waals surface area contributed by atoms with E-state index in [1.165, 1.54) is 12.1 Å². The summed E-state index contributed by atoms with van der Waals surface area (Å²) in [5.41, 5.74) is 0. The Morgan fingerprint density at radius 2 is 1.74 bits per heavy atom. The van der Waals surface area contributed by atoms with E-state index in [-0.39, 0.29) is 16.7 Å². The Balaban J connectivity index is 1.69. The molecule has 1 saturated heterocycles. The van der Waals surface area contributed by atoms with Crippen molar-refractivity contribution in [3.8, 4) is 0 Å². The SMILES string of the molecule is O=C(C1CC1)N1CC(S(=O)(=O)c2ccc(Cl)cc2)C1. The molecule has 0 aromatic heterocycles. The summed E-state index contributed by atoms with van der Waals surface area (Å²) < 4.78 is 24.6. The zero-order chi connectivity index (χ0) is 13.6. The lowest BCUT2D eigenvalue weighted by Crippen LogP contribution is -2.57. The van der Waals surface area contributed by atoms with E-state index in [0.717, 1.165) is 12.8 Å². The minimum Gasteiger partial charge on any atom is -0.340 e. The number of halogens is 1. The molecular weight excluding hydrogens is 286 g/mol. The number of hydrogen-bond acceptors (Lipinski definition) is 3. The van der Waals surface area contributed by atoms with Crippen molar-refractivity contribution >= 4 is 27.3 Å². The van der Waals surface area contributed by atoms with Gasteiger partial charge in [0.2, 0.25) is 5.91 Å². The Labute approximate surface area is 117 Å². The lowest BCUT2D eigenvalue weighted by Gasteiger charge is -2.38. The molecule has 2 fully saturated rings. The van der Waals surface area contributed by atoms with Crippen molar-refractivity contribution in [3.05, 3.63) is 29.3 Å². The van der Waals surface area contributed by atoms with Gasteiger partial charge in [-0.05, 0) is 37.1 Å². The van der Waals surface area contributed by atoms with Crippen LogP contribution in [0.1, 0.15) is 12.8 Å². The predicted molar refractivity (Wildman–Crippen MR) is 71.7 cm³/mol.